The Morgan fingerprint density at radius 1 is 1.29 bits per heavy atom. The van der Waals surface area contributed by atoms with Gasteiger partial charge in [-0.25, -0.2) is 4.39 Å². The molecular weight excluding hydrogens is 229 g/mol. The summed E-state index contributed by atoms with van der Waals surface area (Å²) in [5.41, 5.74) is 0. The van der Waals surface area contributed by atoms with Crippen LogP contribution in [0.1, 0.15) is 6.42 Å². The average Bonchev–Trinajstić information content (AvgIpc) is 2.29. The molecule has 1 rings (SSSR count). The number of carbonyl (C=O) groups excluding carboxylic acids is 1. The zero-order chi connectivity index (χ0) is 12.7. The molecule has 6 heteroatoms. The monoisotopic (exact) mass is 241 g/mol. The summed E-state index contributed by atoms with van der Waals surface area (Å²) in [6.45, 7) is -0.299. The van der Waals surface area contributed by atoms with E-state index in [1.165, 1.54) is 24.3 Å². The third-order valence-electron chi connectivity index (χ3n) is 1.85. The zero-order valence-electron chi connectivity index (χ0n) is 8.98. The van der Waals surface area contributed by atoms with Crippen molar-refractivity contribution < 1.29 is 23.8 Å². The van der Waals surface area contributed by atoms with Gasteiger partial charge in [-0.05, 0) is 24.3 Å². The molecule has 2 N–H and O–H groups in total. The molecule has 0 atom stereocenters. The highest BCUT2D eigenvalue weighted by molar-refractivity contribution is 5.81. The molecule has 0 heterocycles. The van der Waals surface area contributed by atoms with Crippen LogP contribution in [0.2, 0.25) is 0 Å². The Balaban J connectivity index is 2.21. The van der Waals surface area contributed by atoms with Crippen LogP contribution in [0.4, 0.5) is 4.39 Å². The largest absolute Gasteiger partial charge is 0.493 e. The van der Waals surface area contributed by atoms with E-state index in [0.717, 1.165) is 0 Å². The third-order valence-corrected chi connectivity index (χ3v) is 1.85. The van der Waals surface area contributed by atoms with Gasteiger partial charge in [0.25, 0.3) is 0 Å². The van der Waals surface area contributed by atoms with Gasteiger partial charge in [-0.1, -0.05) is 0 Å². The molecule has 1 aromatic carbocycles. The van der Waals surface area contributed by atoms with Crippen molar-refractivity contribution in [3.8, 4) is 5.75 Å². The molecule has 0 aliphatic heterocycles. The number of carbonyl (C=O) groups is 2. The molecule has 0 saturated carbocycles. The quantitative estimate of drug-likeness (QED) is 0.772. The van der Waals surface area contributed by atoms with Crippen molar-refractivity contribution in [2.24, 2.45) is 0 Å². The molecule has 1 aromatic rings. The summed E-state index contributed by atoms with van der Waals surface area (Å²) in [6.07, 6.45) is 0.0463. The third kappa shape index (κ3) is 5.50. The van der Waals surface area contributed by atoms with E-state index in [1.54, 1.807) is 0 Å². The number of carboxylic acids is 1. The fourth-order valence-corrected chi connectivity index (χ4v) is 1.05. The van der Waals surface area contributed by atoms with Crippen LogP contribution in [-0.2, 0) is 9.59 Å². The minimum atomic E-state index is -1.10. The van der Waals surface area contributed by atoms with Crippen LogP contribution in [-0.4, -0.2) is 30.1 Å². The second-order valence-electron chi connectivity index (χ2n) is 3.22. The van der Waals surface area contributed by atoms with Crippen molar-refractivity contribution in [3.63, 3.8) is 0 Å². The molecule has 0 fully saturated rings. The first-order valence-corrected chi connectivity index (χ1v) is 4.95. The van der Waals surface area contributed by atoms with Gasteiger partial charge in [0.05, 0.1) is 13.0 Å². The highest BCUT2D eigenvalue weighted by Gasteiger charge is 2.04. The summed E-state index contributed by atoms with van der Waals surface area (Å²) in [7, 11) is 0. The van der Waals surface area contributed by atoms with E-state index in [2.05, 4.69) is 5.32 Å². The number of rotatable bonds is 6. The maximum atomic E-state index is 12.5. The predicted octanol–water partition coefficient (Wildman–Crippen LogP) is 0.795. The number of amides is 1. The van der Waals surface area contributed by atoms with Gasteiger partial charge < -0.3 is 15.2 Å². The number of ether oxygens (including phenoxy) is 1. The Morgan fingerprint density at radius 2 is 1.94 bits per heavy atom. The molecule has 0 spiro atoms. The lowest BCUT2D eigenvalue weighted by Gasteiger charge is -2.05. The van der Waals surface area contributed by atoms with Crippen molar-refractivity contribution in [3.05, 3.63) is 30.1 Å². The van der Waals surface area contributed by atoms with Crippen molar-refractivity contribution >= 4 is 11.9 Å². The zero-order valence-corrected chi connectivity index (χ0v) is 8.98. The Kier molecular flexibility index (Phi) is 4.93. The molecule has 0 radical (unpaired) electrons. The highest BCUT2D eigenvalue weighted by atomic mass is 19.1. The maximum absolute atomic E-state index is 12.5. The molecule has 92 valence electrons. The lowest BCUT2D eigenvalue weighted by atomic mass is 10.3. The number of hydrogen-bond acceptors (Lipinski definition) is 3. The summed E-state index contributed by atoms with van der Waals surface area (Å²) in [6, 6.07) is 5.40. The van der Waals surface area contributed by atoms with Gasteiger partial charge in [-0.2, -0.15) is 0 Å². The number of nitrogens with one attached hydrogen (secondary N) is 1. The minimum absolute atomic E-state index is 0.0463. The van der Waals surface area contributed by atoms with Gasteiger partial charge in [0.1, 0.15) is 18.1 Å². The second kappa shape index (κ2) is 6.47. The first-order valence-electron chi connectivity index (χ1n) is 4.95. The van der Waals surface area contributed by atoms with Crippen molar-refractivity contribution in [1.82, 2.24) is 5.32 Å². The fraction of sp³-hybridized carbons (Fsp3) is 0.273. The minimum Gasteiger partial charge on any atom is -0.493 e. The summed E-state index contributed by atoms with van der Waals surface area (Å²) in [5.74, 6) is -1.42. The van der Waals surface area contributed by atoms with E-state index in [1.807, 2.05) is 0 Å². The van der Waals surface area contributed by atoms with Gasteiger partial charge in [0, 0.05) is 0 Å². The fourth-order valence-electron chi connectivity index (χ4n) is 1.05. The Morgan fingerprint density at radius 3 is 2.53 bits per heavy atom. The normalized spacial score (nSPS) is 9.71. The van der Waals surface area contributed by atoms with Crippen LogP contribution < -0.4 is 10.1 Å². The Bertz CT molecular complexity index is 391. The van der Waals surface area contributed by atoms with Gasteiger partial charge in [0.2, 0.25) is 5.91 Å². The number of aliphatic carboxylic acids is 1. The predicted molar refractivity (Wildman–Crippen MR) is 57.2 cm³/mol. The van der Waals surface area contributed by atoms with Crippen LogP contribution in [0.5, 0.6) is 5.75 Å². The highest BCUT2D eigenvalue weighted by Crippen LogP contribution is 2.10. The average molecular weight is 241 g/mol. The van der Waals surface area contributed by atoms with Gasteiger partial charge in [-0.15, -0.1) is 0 Å². The van der Waals surface area contributed by atoms with Crippen LogP contribution in [0, 0.1) is 5.82 Å². The van der Waals surface area contributed by atoms with Crippen molar-refractivity contribution in [2.45, 2.75) is 6.42 Å². The van der Waals surface area contributed by atoms with Crippen molar-refractivity contribution in [1.29, 1.82) is 0 Å². The standard InChI is InChI=1S/C11H12FNO4/c12-8-1-3-9(4-2-8)17-6-5-10(14)13-7-11(15)16/h1-4H,5-7H2,(H,13,14)(H,15,16). The number of halogens is 1. The molecule has 17 heavy (non-hydrogen) atoms. The van der Waals surface area contributed by atoms with E-state index in [4.69, 9.17) is 9.84 Å². The van der Waals surface area contributed by atoms with Crippen LogP contribution in [0.15, 0.2) is 24.3 Å². The van der Waals surface area contributed by atoms with E-state index < -0.39 is 18.4 Å². The molecule has 0 aliphatic carbocycles. The van der Waals surface area contributed by atoms with Gasteiger partial charge in [-0.3, -0.25) is 9.59 Å². The summed E-state index contributed by atoms with van der Waals surface area (Å²) in [5, 5.41) is 10.5. The number of benzene rings is 1. The number of hydrogen-bond donors (Lipinski definition) is 2. The molecule has 0 bridgehead atoms. The van der Waals surface area contributed by atoms with Crippen LogP contribution in [0.3, 0.4) is 0 Å². The summed E-state index contributed by atoms with van der Waals surface area (Å²) >= 11 is 0. The maximum Gasteiger partial charge on any atom is 0.322 e. The molecule has 0 saturated heterocycles. The smallest absolute Gasteiger partial charge is 0.322 e. The van der Waals surface area contributed by atoms with Crippen LogP contribution >= 0.6 is 0 Å². The van der Waals surface area contributed by atoms with E-state index >= 15 is 0 Å². The SMILES string of the molecule is O=C(O)CNC(=O)CCOc1ccc(F)cc1. The lowest BCUT2D eigenvalue weighted by Crippen LogP contribution is -2.30. The van der Waals surface area contributed by atoms with Gasteiger partial charge >= 0.3 is 5.97 Å². The topological polar surface area (TPSA) is 75.6 Å². The number of carboxylic acid groups (broad SMARTS) is 1. The summed E-state index contributed by atoms with van der Waals surface area (Å²) < 4.78 is 17.7. The molecule has 5 nitrogen and oxygen atoms in total. The van der Waals surface area contributed by atoms with Gasteiger partial charge in [0.15, 0.2) is 0 Å². The first-order chi connectivity index (χ1) is 8.08. The molecule has 1 amide bonds. The Hall–Kier alpha value is -2.11. The molecule has 0 aliphatic rings. The van der Waals surface area contributed by atoms with E-state index in [0.29, 0.717) is 5.75 Å². The molecular formula is C11H12FNO4. The molecule has 0 aromatic heterocycles. The first kappa shape index (κ1) is 13.0. The lowest BCUT2D eigenvalue weighted by molar-refractivity contribution is -0.138. The summed E-state index contributed by atoms with van der Waals surface area (Å²) in [4.78, 5) is 21.2. The Labute approximate surface area is 97.2 Å². The van der Waals surface area contributed by atoms with E-state index in [9.17, 15) is 14.0 Å². The van der Waals surface area contributed by atoms with E-state index in [-0.39, 0.29) is 18.8 Å². The second-order valence-corrected chi connectivity index (χ2v) is 3.22. The molecule has 0 unspecified atom stereocenters. The van der Waals surface area contributed by atoms with Crippen molar-refractivity contribution in [2.75, 3.05) is 13.2 Å². The van der Waals surface area contributed by atoms with Crippen LogP contribution in [0.25, 0.3) is 0 Å².